The Bertz CT molecular complexity index is 854. The van der Waals surface area contributed by atoms with Crippen LogP contribution >= 0.6 is 11.3 Å². The molecule has 0 amide bonds. The van der Waals surface area contributed by atoms with Crippen molar-refractivity contribution >= 4 is 27.2 Å². The van der Waals surface area contributed by atoms with Crippen molar-refractivity contribution in [1.82, 2.24) is 9.55 Å². The molecule has 22 heavy (non-hydrogen) atoms. The highest BCUT2D eigenvalue weighted by atomic mass is 32.1. The van der Waals surface area contributed by atoms with E-state index in [-0.39, 0.29) is 5.56 Å². The number of ether oxygens (including phenoxy) is 1. The van der Waals surface area contributed by atoms with E-state index in [1.807, 2.05) is 18.2 Å². The Hall–Kier alpha value is -2.34. The fourth-order valence-corrected chi connectivity index (χ4v) is 3.13. The summed E-state index contributed by atoms with van der Waals surface area (Å²) >= 11 is 1.57. The molecule has 0 fully saturated rings. The number of nitrogens with two attached hydrogens (primary N) is 1. The normalized spacial score (nSPS) is 11.0. The first kappa shape index (κ1) is 14.6. The van der Waals surface area contributed by atoms with Gasteiger partial charge < -0.3 is 10.5 Å². The second-order valence-corrected chi connectivity index (χ2v) is 6.06. The molecule has 0 radical (unpaired) electrons. The summed E-state index contributed by atoms with van der Waals surface area (Å²) in [6.45, 7) is 2.91. The first-order valence-electron chi connectivity index (χ1n) is 7.13. The Kier molecular flexibility index (Phi) is 4.11. The van der Waals surface area contributed by atoms with E-state index in [9.17, 15) is 4.79 Å². The highest BCUT2D eigenvalue weighted by molar-refractivity contribution is 7.18. The Morgan fingerprint density at radius 1 is 1.36 bits per heavy atom. The van der Waals surface area contributed by atoms with Gasteiger partial charge in [-0.05, 0) is 24.6 Å². The van der Waals surface area contributed by atoms with Crippen LogP contribution in [0.1, 0.15) is 11.8 Å². The zero-order valence-corrected chi connectivity index (χ0v) is 13.1. The smallest absolute Gasteiger partial charge is 0.262 e. The highest BCUT2D eigenvalue weighted by Gasteiger charge is 2.08. The van der Waals surface area contributed by atoms with Crippen LogP contribution < -0.4 is 16.0 Å². The lowest BCUT2D eigenvalue weighted by Crippen LogP contribution is -2.23. The third kappa shape index (κ3) is 2.96. The van der Waals surface area contributed by atoms with Gasteiger partial charge in [-0.3, -0.25) is 9.36 Å². The van der Waals surface area contributed by atoms with Gasteiger partial charge in [0.25, 0.3) is 5.56 Å². The fourth-order valence-electron chi connectivity index (χ4n) is 2.21. The molecule has 3 rings (SSSR count). The van der Waals surface area contributed by atoms with E-state index in [0.717, 1.165) is 11.3 Å². The zero-order chi connectivity index (χ0) is 15.5. The van der Waals surface area contributed by atoms with E-state index >= 15 is 0 Å². The van der Waals surface area contributed by atoms with Gasteiger partial charge in [0, 0.05) is 16.6 Å². The molecular weight excluding hydrogens is 298 g/mol. The molecule has 0 unspecified atom stereocenters. The van der Waals surface area contributed by atoms with Crippen LogP contribution in [0.2, 0.25) is 0 Å². The Morgan fingerprint density at radius 2 is 2.23 bits per heavy atom. The largest absolute Gasteiger partial charge is 0.492 e. The lowest BCUT2D eigenvalue weighted by molar-refractivity contribution is 0.296. The summed E-state index contributed by atoms with van der Waals surface area (Å²) in [7, 11) is 0. The van der Waals surface area contributed by atoms with Crippen LogP contribution in [-0.2, 0) is 13.0 Å². The molecule has 0 spiro atoms. The summed E-state index contributed by atoms with van der Waals surface area (Å²) in [5.74, 6) is 0.700. The number of nitrogens with zero attached hydrogens (tertiary/aromatic N) is 2. The summed E-state index contributed by atoms with van der Waals surface area (Å²) < 4.78 is 7.20. The molecule has 0 saturated heterocycles. The van der Waals surface area contributed by atoms with Gasteiger partial charge in [0.2, 0.25) is 0 Å². The van der Waals surface area contributed by atoms with E-state index in [1.165, 1.54) is 4.88 Å². The molecule has 0 bridgehead atoms. The monoisotopic (exact) mass is 315 g/mol. The molecule has 114 valence electrons. The second kappa shape index (κ2) is 6.19. The van der Waals surface area contributed by atoms with Crippen molar-refractivity contribution in [2.45, 2.75) is 19.9 Å². The van der Waals surface area contributed by atoms with E-state index in [1.54, 1.807) is 34.4 Å². The maximum absolute atomic E-state index is 12.4. The number of hydrogen-bond donors (Lipinski definition) is 1. The van der Waals surface area contributed by atoms with Crippen LogP contribution in [0.25, 0.3) is 10.2 Å². The van der Waals surface area contributed by atoms with E-state index in [0.29, 0.717) is 30.0 Å². The molecule has 0 aliphatic heterocycles. The van der Waals surface area contributed by atoms with Crippen molar-refractivity contribution in [3.63, 3.8) is 0 Å². The summed E-state index contributed by atoms with van der Waals surface area (Å²) in [5, 5.41) is 0.688. The molecule has 6 heteroatoms. The molecule has 2 heterocycles. The number of rotatable bonds is 5. The van der Waals surface area contributed by atoms with Crippen LogP contribution in [0, 0.1) is 0 Å². The summed E-state index contributed by atoms with van der Waals surface area (Å²) in [6, 6.07) is 9.17. The number of benzene rings is 1. The van der Waals surface area contributed by atoms with Gasteiger partial charge in [0.05, 0.1) is 18.3 Å². The molecule has 2 aromatic heterocycles. The molecule has 0 aliphatic carbocycles. The van der Waals surface area contributed by atoms with Gasteiger partial charge in [-0.15, -0.1) is 11.3 Å². The van der Waals surface area contributed by atoms with E-state index < -0.39 is 0 Å². The number of aryl methyl sites for hydroxylation is 1. The van der Waals surface area contributed by atoms with Crippen LogP contribution in [0.4, 0.5) is 5.69 Å². The van der Waals surface area contributed by atoms with Crippen LogP contribution in [0.5, 0.6) is 5.75 Å². The fraction of sp³-hybridized carbons (Fsp3) is 0.250. The van der Waals surface area contributed by atoms with Gasteiger partial charge in [0.15, 0.2) is 0 Å². The SMILES string of the molecule is CCc1cc2c(=O)n(CCOc3cccc(N)c3)cnc2s1. The first-order chi connectivity index (χ1) is 10.7. The van der Waals surface area contributed by atoms with E-state index in [4.69, 9.17) is 10.5 Å². The molecule has 0 atom stereocenters. The maximum Gasteiger partial charge on any atom is 0.262 e. The van der Waals surface area contributed by atoms with Gasteiger partial charge in [0.1, 0.15) is 17.2 Å². The van der Waals surface area contributed by atoms with Crippen LogP contribution in [0.3, 0.4) is 0 Å². The summed E-state index contributed by atoms with van der Waals surface area (Å²) in [4.78, 5) is 18.7. The number of anilines is 1. The third-order valence-corrected chi connectivity index (χ3v) is 4.56. The minimum atomic E-state index is -0.0166. The number of fused-ring (bicyclic) bond motifs is 1. The van der Waals surface area contributed by atoms with Crippen molar-refractivity contribution in [3.05, 3.63) is 51.9 Å². The molecule has 1 aromatic carbocycles. The van der Waals surface area contributed by atoms with Crippen molar-refractivity contribution in [2.24, 2.45) is 0 Å². The highest BCUT2D eigenvalue weighted by Crippen LogP contribution is 2.21. The van der Waals surface area contributed by atoms with Crippen LogP contribution in [-0.4, -0.2) is 16.2 Å². The Balaban J connectivity index is 1.74. The first-order valence-corrected chi connectivity index (χ1v) is 7.95. The number of hydrogen-bond acceptors (Lipinski definition) is 5. The van der Waals surface area contributed by atoms with Gasteiger partial charge >= 0.3 is 0 Å². The molecule has 0 saturated carbocycles. The molecule has 0 aliphatic rings. The average Bonchev–Trinajstić information content (AvgIpc) is 2.94. The van der Waals surface area contributed by atoms with Gasteiger partial charge in [-0.2, -0.15) is 0 Å². The number of aromatic nitrogens is 2. The van der Waals surface area contributed by atoms with Crippen molar-refractivity contribution in [3.8, 4) is 5.75 Å². The maximum atomic E-state index is 12.4. The Morgan fingerprint density at radius 3 is 3.00 bits per heavy atom. The van der Waals surface area contributed by atoms with Crippen molar-refractivity contribution < 1.29 is 4.74 Å². The Labute approximate surface area is 132 Å². The van der Waals surface area contributed by atoms with Gasteiger partial charge in [-0.25, -0.2) is 4.98 Å². The lowest BCUT2D eigenvalue weighted by atomic mass is 10.3. The lowest BCUT2D eigenvalue weighted by Gasteiger charge is -2.08. The van der Waals surface area contributed by atoms with Crippen molar-refractivity contribution in [2.75, 3.05) is 12.3 Å². The number of thiophene rings is 1. The molecule has 2 N–H and O–H groups in total. The number of nitrogen functional groups attached to an aromatic ring is 1. The standard InChI is InChI=1S/C16H17N3O2S/c1-2-13-9-14-15(22-13)18-10-19(16(14)20)6-7-21-12-5-3-4-11(17)8-12/h3-5,8-10H,2,6-7,17H2,1H3. The molecule has 3 aromatic rings. The molecule has 5 nitrogen and oxygen atoms in total. The van der Waals surface area contributed by atoms with Crippen molar-refractivity contribution in [1.29, 1.82) is 0 Å². The quantitative estimate of drug-likeness (QED) is 0.735. The predicted molar refractivity (Wildman–Crippen MR) is 89.6 cm³/mol. The minimum absolute atomic E-state index is 0.0166. The van der Waals surface area contributed by atoms with E-state index in [2.05, 4.69) is 11.9 Å². The zero-order valence-electron chi connectivity index (χ0n) is 12.3. The second-order valence-electron chi connectivity index (χ2n) is 4.95. The third-order valence-electron chi connectivity index (χ3n) is 3.38. The topological polar surface area (TPSA) is 70.1 Å². The summed E-state index contributed by atoms with van der Waals surface area (Å²) in [5.41, 5.74) is 6.34. The predicted octanol–water partition coefficient (Wildman–Crippen LogP) is 2.68. The minimum Gasteiger partial charge on any atom is -0.492 e. The van der Waals surface area contributed by atoms with Crippen LogP contribution in [0.15, 0.2) is 41.5 Å². The average molecular weight is 315 g/mol. The molecular formula is C16H17N3O2S. The van der Waals surface area contributed by atoms with Gasteiger partial charge in [-0.1, -0.05) is 13.0 Å². The summed E-state index contributed by atoms with van der Waals surface area (Å²) in [6.07, 6.45) is 2.50.